The molecule has 104 valence electrons. The normalized spacial score (nSPS) is 17.5. The largest absolute Gasteiger partial charge is 0.399 e. The summed E-state index contributed by atoms with van der Waals surface area (Å²) in [7, 11) is 0. The van der Waals surface area contributed by atoms with E-state index in [-0.39, 0.29) is 23.6 Å². The van der Waals surface area contributed by atoms with E-state index in [1.807, 2.05) is 24.3 Å². The fraction of sp³-hybridized carbons (Fsp3) is 0.333. The maximum Gasteiger partial charge on any atom is 0.279 e. The fourth-order valence-electron chi connectivity index (χ4n) is 1.66. The van der Waals surface area contributed by atoms with E-state index in [9.17, 15) is 9.59 Å². The number of hydrogen-bond acceptors (Lipinski definition) is 4. The van der Waals surface area contributed by atoms with E-state index in [2.05, 4.69) is 10.6 Å². The molecule has 1 aliphatic heterocycles. The lowest BCUT2D eigenvalue weighted by atomic mass is 10.1. The number of carbonyl (C=O) groups excluding carboxylic acids is 2. The Morgan fingerprint density at radius 3 is 2.68 bits per heavy atom. The molecule has 19 heavy (non-hydrogen) atoms. The molecule has 1 aromatic carbocycles. The smallest absolute Gasteiger partial charge is 0.279 e. The lowest BCUT2D eigenvalue weighted by Crippen LogP contribution is -2.43. The van der Waals surface area contributed by atoms with Crippen LogP contribution in [-0.2, 0) is 11.2 Å². The molecule has 1 aromatic rings. The number of carbonyl (C=O) groups is 2. The molecule has 4 N–H and O–H groups in total. The van der Waals surface area contributed by atoms with Crippen molar-refractivity contribution in [3.05, 3.63) is 29.8 Å². The summed E-state index contributed by atoms with van der Waals surface area (Å²) in [6.07, 6.45) is 0.750. The van der Waals surface area contributed by atoms with Crippen LogP contribution < -0.4 is 16.4 Å². The summed E-state index contributed by atoms with van der Waals surface area (Å²) in [4.78, 5) is 22.6. The number of nitrogen functional groups attached to an aromatic ring is 1. The number of nitrogens with two attached hydrogens (primary N) is 1. The average Bonchev–Trinajstić information content (AvgIpc) is 2.78. The number of amides is 2. The van der Waals surface area contributed by atoms with E-state index < -0.39 is 6.04 Å². The summed E-state index contributed by atoms with van der Waals surface area (Å²) in [6.45, 7) is 0.555. The molecule has 0 radical (unpaired) electrons. The molecule has 1 saturated heterocycles. The van der Waals surface area contributed by atoms with Gasteiger partial charge in [0.25, 0.3) is 5.24 Å². The standard InChI is InChI=1S/C12H15N3O2S.ClH/c13-9-3-1-8(2-4-9)5-6-14-11(16)10-7-18-12(17)15-10;/h1-4,10H,5-7,13H2,(H,14,16)(H,15,17);1H/t10-;/m0./s1. The molecule has 2 amide bonds. The summed E-state index contributed by atoms with van der Waals surface area (Å²) in [5.74, 6) is 0.385. The number of hydrogen-bond donors (Lipinski definition) is 3. The van der Waals surface area contributed by atoms with Crippen molar-refractivity contribution in [3.63, 3.8) is 0 Å². The molecular formula is C12H16ClN3O2S. The van der Waals surface area contributed by atoms with Crippen LogP contribution in [0.15, 0.2) is 24.3 Å². The Morgan fingerprint density at radius 2 is 2.11 bits per heavy atom. The van der Waals surface area contributed by atoms with Gasteiger partial charge in [0.05, 0.1) is 0 Å². The summed E-state index contributed by atoms with van der Waals surface area (Å²) in [6, 6.07) is 7.16. The van der Waals surface area contributed by atoms with E-state index >= 15 is 0 Å². The van der Waals surface area contributed by atoms with Gasteiger partial charge in [0.1, 0.15) is 6.04 Å². The molecule has 0 bridgehead atoms. The molecule has 0 aromatic heterocycles. The van der Waals surface area contributed by atoms with E-state index in [4.69, 9.17) is 5.73 Å². The van der Waals surface area contributed by atoms with Gasteiger partial charge in [-0.2, -0.15) is 0 Å². The fourth-order valence-corrected chi connectivity index (χ4v) is 2.44. The van der Waals surface area contributed by atoms with Gasteiger partial charge >= 0.3 is 0 Å². The highest BCUT2D eigenvalue weighted by Crippen LogP contribution is 2.12. The van der Waals surface area contributed by atoms with Gasteiger partial charge in [0, 0.05) is 18.0 Å². The highest BCUT2D eigenvalue weighted by molar-refractivity contribution is 8.14. The monoisotopic (exact) mass is 301 g/mol. The van der Waals surface area contributed by atoms with Crippen LogP contribution in [-0.4, -0.2) is 29.5 Å². The summed E-state index contributed by atoms with van der Waals surface area (Å²) in [5.41, 5.74) is 7.44. The Bertz CT molecular complexity index is 453. The molecule has 0 aliphatic carbocycles. The summed E-state index contributed by atoms with van der Waals surface area (Å²) < 4.78 is 0. The zero-order valence-corrected chi connectivity index (χ0v) is 11.9. The Morgan fingerprint density at radius 1 is 1.42 bits per heavy atom. The van der Waals surface area contributed by atoms with Crippen molar-refractivity contribution in [3.8, 4) is 0 Å². The summed E-state index contributed by atoms with van der Waals surface area (Å²) >= 11 is 1.14. The van der Waals surface area contributed by atoms with Crippen LogP contribution in [0.2, 0.25) is 0 Å². The van der Waals surface area contributed by atoms with Gasteiger partial charge in [-0.1, -0.05) is 23.9 Å². The molecule has 2 rings (SSSR count). The van der Waals surface area contributed by atoms with Gasteiger partial charge in [0.2, 0.25) is 5.91 Å². The molecule has 0 spiro atoms. The first-order chi connectivity index (χ1) is 8.65. The number of anilines is 1. The Kier molecular flexibility index (Phi) is 5.98. The Labute approximate surface area is 122 Å². The first-order valence-corrected chi connectivity index (χ1v) is 6.69. The molecule has 1 heterocycles. The van der Waals surface area contributed by atoms with Gasteiger partial charge in [-0.3, -0.25) is 9.59 Å². The molecule has 1 atom stereocenters. The highest BCUT2D eigenvalue weighted by atomic mass is 35.5. The Hall–Kier alpha value is -1.40. The van der Waals surface area contributed by atoms with Gasteiger partial charge in [0.15, 0.2) is 0 Å². The van der Waals surface area contributed by atoms with Crippen molar-refractivity contribution in [2.75, 3.05) is 18.0 Å². The van der Waals surface area contributed by atoms with Crippen LogP contribution in [0.4, 0.5) is 10.5 Å². The molecular weight excluding hydrogens is 286 g/mol. The molecule has 0 saturated carbocycles. The van der Waals surface area contributed by atoms with Crippen LogP contribution >= 0.6 is 24.2 Å². The van der Waals surface area contributed by atoms with Crippen molar-refractivity contribution in [1.82, 2.24) is 10.6 Å². The predicted octanol–water partition coefficient (Wildman–Crippen LogP) is 1.17. The van der Waals surface area contributed by atoms with Crippen molar-refractivity contribution in [2.45, 2.75) is 12.5 Å². The first-order valence-electron chi connectivity index (χ1n) is 5.70. The SMILES string of the molecule is Cl.Nc1ccc(CCNC(=O)[C@@H]2CSC(=O)N2)cc1. The molecule has 0 unspecified atom stereocenters. The minimum atomic E-state index is -0.395. The lowest BCUT2D eigenvalue weighted by molar-refractivity contribution is -0.122. The number of nitrogens with one attached hydrogen (secondary N) is 2. The van der Waals surface area contributed by atoms with Gasteiger partial charge in [-0.25, -0.2) is 0 Å². The quantitative estimate of drug-likeness (QED) is 0.729. The minimum absolute atomic E-state index is 0. The third-order valence-electron chi connectivity index (χ3n) is 2.68. The number of rotatable bonds is 4. The van der Waals surface area contributed by atoms with Crippen molar-refractivity contribution < 1.29 is 9.59 Å². The van der Waals surface area contributed by atoms with Gasteiger partial charge < -0.3 is 16.4 Å². The maximum absolute atomic E-state index is 11.7. The van der Waals surface area contributed by atoms with E-state index in [1.165, 1.54) is 0 Å². The first kappa shape index (κ1) is 15.7. The van der Waals surface area contributed by atoms with Crippen molar-refractivity contribution in [1.29, 1.82) is 0 Å². The van der Waals surface area contributed by atoms with Crippen LogP contribution in [0.25, 0.3) is 0 Å². The third kappa shape index (κ3) is 4.65. The molecule has 5 nitrogen and oxygen atoms in total. The van der Waals surface area contributed by atoms with E-state index in [0.29, 0.717) is 12.3 Å². The third-order valence-corrected chi connectivity index (χ3v) is 3.56. The minimum Gasteiger partial charge on any atom is -0.399 e. The number of thioether (sulfide) groups is 1. The van der Waals surface area contributed by atoms with Crippen molar-refractivity contribution in [2.24, 2.45) is 0 Å². The zero-order chi connectivity index (χ0) is 13.0. The maximum atomic E-state index is 11.7. The molecule has 1 fully saturated rings. The highest BCUT2D eigenvalue weighted by Gasteiger charge is 2.27. The summed E-state index contributed by atoms with van der Waals surface area (Å²) in [5, 5.41) is 5.28. The van der Waals surface area contributed by atoms with Gasteiger partial charge in [-0.15, -0.1) is 12.4 Å². The van der Waals surface area contributed by atoms with Crippen LogP contribution in [0, 0.1) is 0 Å². The van der Waals surface area contributed by atoms with E-state index in [0.717, 1.165) is 29.4 Å². The zero-order valence-electron chi connectivity index (χ0n) is 10.2. The second kappa shape index (κ2) is 7.25. The second-order valence-corrected chi connectivity index (χ2v) is 5.07. The van der Waals surface area contributed by atoms with Crippen molar-refractivity contribution >= 4 is 41.0 Å². The second-order valence-electron chi connectivity index (χ2n) is 4.08. The Balaban J connectivity index is 0.00000180. The number of benzene rings is 1. The molecule has 1 aliphatic rings. The molecule has 7 heteroatoms. The topological polar surface area (TPSA) is 84.2 Å². The predicted molar refractivity (Wildman–Crippen MR) is 79.6 cm³/mol. The van der Waals surface area contributed by atoms with Gasteiger partial charge in [-0.05, 0) is 24.1 Å². The van der Waals surface area contributed by atoms with E-state index in [1.54, 1.807) is 0 Å². The number of halogens is 1. The average molecular weight is 302 g/mol. The van der Waals surface area contributed by atoms with Crippen LogP contribution in [0.5, 0.6) is 0 Å². The van der Waals surface area contributed by atoms with Crippen LogP contribution in [0.1, 0.15) is 5.56 Å². The van der Waals surface area contributed by atoms with Crippen LogP contribution in [0.3, 0.4) is 0 Å². The lowest BCUT2D eigenvalue weighted by Gasteiger charge is -2.10.